The Bertz CT molecular complexity index is 301. The summed E-state index contributed by atoms with van der Waals surface area (Å²) in [7, 11) is 0. The first kappa shape index (κ1) is 13.4. The summed E-state index contributed by atoms with van der Waals surface area (Å²) in [5.74, 6) is 0.122. The molecule has 108 valence electrons. The second kappa shape index (κ2) is 6.23. The van der Waals surface area contributed by atoms with Crippen LogP contribution in [-0.4, -0.2) is 48.7 Å². The van der Waals surface area contributed by atoms with Crippen molar-refractivity contribution >= 4 is 5.91 Å². The minimum absolute atomic E-state index is 0.122. The molecule has 0 aromatic heterocycles. The molecule has 0 aromatic rings. The maximum atomic E-state index is 12.0. The molecule has 4 nitrogen and oxygen atoms in total. The van der Waals surface area contributed by atoms with E-state index in [1.807, 2.05) is 0 Å². The third-order valence-electron chi connectivity index (χ3n) is 4.94. The van der Waals surface area contributed by atoms with Gasteiger partial charge >= 0.3 is 0 Å². The van der Waals surface area contributed by atoms with E-state index in [0.717, 1.165) is 51.4 Å². The van der Waals surface area contributed by atoms with E-state index >= 15 is 0 Å². The van der Waals surface area contributed by atoms with Gasteiger partial charge in [-0.15, -0.1) is 0 Å². The van der Waals surface area contributed by atoms with E-state index in [4.69, 9.17) is 4.74 Å². The van der Waals surface area contributed by atoms with E-state index in [1.165, 1.54) is 25.7 Å². The maximum absolute atomic E-state index is 12.0. The van der Waals surface area contributed by atoms with Gasteiger partial charge in [0.1, 0.15) is 6.10 Å². The zero-order valence-corrected chi connectivity index (χ0v) is 11.8. The summed E-state index contributed by atoms with van der Waals surface area (Å²) in [6.45, 7) is 3.06. The molecule has 1 amide bonds. The lowest BCUT2D eigenvalue weighted by molar-refractivity contribution is -0.131. The van der Waals surface area contributed by atoms with Gasteiger partial charge in [0.05, 0.1) is 0 Å². The van der Waals surface area contributed by atoms with E-state index in [-0.39, 0.29) is 12.0 Å². The number of amides is 1. The van der Waals surface area contributed by atoms with Gasteiger partial charge in [0.2, 0.25) is 5.91 Å². The Balaban J connectivity index is 1.41. The van der Waals surface area contributed by atoms with Gasteiger partial charge in [-0.3, -0.25) is 4.79 Å². The molecular weight excluding hydrogens is 240 g/mol. The average Bonchev–Trinajstić information content (AvgIpc) is 3.13. The topological polar surface area (TPSA) is 41.6 Å². The van der Waals surface area contributed by atoms with Crippen LogP contribution in [0.2, 0.25) is 0 Å². The molecule has 1 aliphatic carbocycles. The van der Waals surface area contributed by atoms with Crippen LogP contribution in [0.15, 0.2) is 0 Å². The second-order valence-corrected chi connectivity index (χ2v) is 6.26. The number of nitrogens with zero attached hydrogens (tertiary/aromatic N) is 1. The van der Waals surface area contributed by atoms with E-state index in [2.05, 4.69) is 10.2 Å². The molecule has 1 saturated carbocycles. The first-order valence-electron chi connectivity index (χ1n) is 7.99. The molecule has 0 spiro atoms. The van der Waals surface area contributed by atoms with Crippen molar-refractivity contribution in [2.24, 2.45) is 0 Å². The third kappa shape index (κ3) is 3.29. The number of piperidine rings is 1. The largest absolute Gasteiger partial charge is 0.368 e. The van der Waals surface area contributed by atoms with Crippen molar-refractivity contribution in [3.8, 4) is 0 Å². The SMILES string of the molecule is O=C(NC1CCN(C2CCCC2)CC1)C1CCCO1. The molecule has 0 aromatic carbocycles. The Morgan fingerprint density at radius 1 is 1.00 bits per heavy atom. The highest BCUT2D eigenvalue weighted by Gasteiger charge is 2.30. The fourth-order valence-electron chi connectivity index (χ4n) is 3.76. The van der Waals surface area contributed by atoms with E-state index in [9.17, 15) is 4.79 Å². The van der Waals surface area contributed by atoms with Crippen LogP contribution in [0.4, 0.5) is 0 Å². The standard InChI is InChI=1S/C15H26N2O2/c18-15(14-6-3-11-19-14)16-12-7-9-17(10-8-12)13-4-1-2-5-13/h12-14H,1-11H2,(H,16,18). The van der Waals surface area contributed by atoms with Gasteiger partial charge in [-0.05, 0) is 38.5 Å². The van der Waals surface area contributed by atoms with Crippen LogP contribution in [0.1, 0.15) is 51.4 Å². The van der Waals surface area contributed by atoms with Crippen molar-refractivity contribution in [1.82, 2.24) is 10.2 Å². The molecule has 4 heteroatoms. The molecule has 1 unspecified atom stereocenters. The van der Waals surface area contributed by atoms with Crippen molar-refractivity contribution in [3.63, 3.8) is 0 Å². The van der Waals surface area contributed by atoms with Crippen LogP contribution < -0.4 is 5.32 Å². The van der Waals surface area contributed by atoms with E-state index in [1.54, 1.807) is 0 Å². The van der Waals surface area contributed by atoms with Crippen molar-refractivity contribution in [2.45, 2.75) is 69.6 Å². The number of hydrogen-bond acceptors (Lipinski definition) is 3. The zero-order chi connectivity index (χ0) is 13.1. The number of hydrogen-bond donors (Lipinski definition) is 1. The Kier molecular flexibility index (Phi) is 4.38. The molecule has 2 aliphatic heterocycles. The molecule has 1 N–H and O–H groups in total. The molecule has 0 radical (unpaired) electrons. The minimum Gasteiger partial charge on any atom is -0.368 e. The third-order valence-corrected chi connectivity index (χ3v) is 4.94. The normalized spacial score (nSPS) is 30.8. The van der Waals surface area contributed by atoms with Gasteiger partial charge in [0.15, 0.2) is 0 Å². The molecule has 3 fully saturated rings. The fraction of sp³-hybridized carbons (Fsp3) is 0.933. The average molecular weight is 266 g/mol. The van der Waals surface area contributed by atoms with Gasteiger partial charge in [-0.1, -0.05) is 12.8 Å². The Labute approximate surface area is 115 Å². The monoisotopic (exact) mass is 266 g/mol. The van der Waals surface area contributed by atoms with Crippen molar-refractivity contribution in [3.05, 3.63) is 0 Å². The summed E-state index contributed by atoms with van der Waals surface area (Å²) in [6, 6.07) is 1.20. The van der Waals surface area contributed by atoms with Crippen LogP contribution in [0.25, 0.3) is 0 Å². The molecule has 0 bridgehead atoms. The van der Waals surface area contributed by atoms with E-state index < -0.39 is 0 Å². The minimum atomic E-state index is -0.173. The van der Waals surface area contributed by atoms with Crippen LogP contribution in [0.3, 0.4) is 0 Å². The lowest BCUT2D eigenvalue weighted by Crippen LogP contribution is -2.49. The number of carbonyl (C=O) groups is 1. The predicted octanol–water partition coefficient (Wildman–Crippen LogP) is 1.69. The molecule has 3 aliphatic rings. The Morgan fingerprint density at radius 3 is 2.37 bits per heavy atom. The van der Waals surface area contributed by atoms with Gasteiger partial charge in [0.25, 0.3) is 0 Å². The first-order valence-corrected chi connectivity index (χ1v) is 7.99. The van der Waals surface area contributed by atoms with Crippen LogP contribution in [0, 0.1) is 0 Å². The molecule has 3 rings (SSSR count). The second-order valence-electron chi connectivity index (χ2n) is 6.26. The van der Waals surface area contributed by atoms with Gasteiger partial charge in [-0.25, -0.2) is 0 Å². The number of carbonyl (C=O) groups excluding carboxylic acids is 1. The van der Waals surface area contributed by atoms with Crippen molar-refractivity contribution in [2.75, 3.05) is 19.7 Å². The smallest absolute Gasteiger partial charge is 0.249 e. The Hall–Kier alpha value is -0.610. The lowest BCUT2D eigenvalue weighted by atomic mass is 10.0. The van der Waals surface area contributed by atoms with Crippen molar-refractivity contribution in [1.29, 1.82) is 0 Å². The lowest BCUT2D eigenvalue weighted by Gasteiger charge is -2.36. The fourth-order valence-corrected chi connectivity index (χ4v) is 3.76. The van der Waals surface area contributed by atoms with Crippen LogP contribution >= 0.6 is 0 Å². The number of nitrogens with one attached hydrogen (secondary N) is 1. The van der Waals surface area contributed by atoms with Gasteiger partial charge < -0.3 is 15.0 Å². The van der Waals surface area contributed by atoms with E-state index in [0.29, 0.717) is 6.04 Å². The highest BCUT2D eigenvalue weighted by molar-refractivity contribution is 5.81. The van der Waals surface area contributed by atoms with Gasteiger partial charge in [0, 0.05) is 31.8 Å². The number of likely N-dealkylation sites (tertiary alicyclic amines) is 1. The maximum Gasteiger partial charge on any atom is 0.249 e. The Morgan fingerprint density at radius 2 is 1.74 bits per heavy atom. The van der Waals surface area contributed by atoms with Crippen LogP contribution in [0.5, 0.6) is 0 Å². The quantitative estimate of drug-likeness (QED) is 0.845. The molecule has 2 heterocycles. The highest BCUT2D eigenvalue weighted by atomic mass is 16.5. The molecule has 1 atom stereocenters. The summed E-state index contributed by atoms with van der Waals surface area (Å²) < 4.78 is 5.44. The zero-order valence-electron chi connectivity index (χ0n) is 11.8. The summed E-state index contributed by atoms with van der Waals surface area (Å²) in [5, 5.41) is 3.18. The summed E-state index contributed by atoms with van der Waals surface area (Å²) in [5.41, 5.74) is 0. The summed E-state index contributed by atoms with van der Waals surface area (Å²) in [4.78, 5) is 14.6. The first-order chi connectivity index (χ1) is 9.33. The predicted molar refractivity (Wildman–Crippen MR) is 74.0 cm³/mol. The summed E-state index contributed by atoms with van der Waals surface area (Å²) >= 11 is 0. The molecule has 19 heavy (non-hydrogen) atoms. The van der Waals surface area contributed by atoms with Gasteiger partial charge in [-0.2, -0.15) is 0 Å². The number of ether oxygens (including phenoxy) is 1. The molecule has 2 saturated heterocycles. The summed E-state index contributed by atoms with van der Waals surface area (Å²) in [6.07, 6.45) is 9.53. The van der Waals surface area contributed by atoms with Crippen molar-refractivity contribution < 1.29 is 9.53 Å². The molecular formula is C15H26N2O2. The highest BCUT2D eigenvalue weighted by Crippen LogP contribution is 2.26. The van der Waals surface area contributed by atoms with Crippen LogP contribution in [-0.2, 0) is 9.53 Å². The number of rotatable bonds is 3.